The van der Waals surface area contributed by atoms with Crippen LogP contribution in [0.15, 0.2) is 73.1 Å². The van der Waals surface area contributed by atoms with Crippen molar-refractivity contribution < 1.29 is 9.72 Å². The summed E-state index contributed by atoms with van der Waals surface area (Å²) in [4.78, 5) is 34.0. The molecule has 0 saturated heterocycles. The van der Waals surface area contributed by atoms with Crippen molar-refractivity contribution in [3.05, 3.63) is 99.9 Å². The van der Waals surface area contributed by atoms with Gasteiger partial charge in [0.15, 0.2) is 5.13 Å². The summed E-state index contributed by atoms with van der Waals surface area (Å²) < 4.78 is 1.00. The Balaban J connectivity index is 1.66. The summed E-state index contributed by atoms with van der Waals surface area (Å²) in [6.07, 6.45) is 6.37. The van der Waals surface area contributed by atoms with Crippen molar-refractivity contribution in [2.45, 2.75) is 13.5 Å². The van der Waals surface area contributed by atoms with Crippen molar-refractivity contribution in [1.82, 2.24) is 9.97 Å². The molecule has 1 amide bonds. The number of hydrogen-bond acceptors (Lipinski definition) is 6. The maximum Gasteiger partial charge on any atom is 0.270 e. The summed E-state index contributed by atoms with van der Waals surface area (Å²) in [7, 11) is 0. The molecule has 0 bridgehead atoms. The molecule has 4 rings (SSSR count). The van der Waals surface area contributed by atoms with E-state index in [0.29, 0.717) is 17.2 Å². The first kappa shape index (κ1) is 20.4. The number of fused-ring (bicyclic) bond motifs is 1. The summed E-state index contributed by atoms with van der Waals surface area (Å²) in [5, 5.41) is 11.6. The third kappa shape index (κ3) is 4.81. The zero-order valence-electron chi connectivity index (χ0n) is 16.6. The van der Waals surface area contributed by atoms with Crippen LogP contribution in [0.4, 0.5) is 10.8 Å². The number of nitro benzene ring substituents is 1. The van der Waals surface area contributed by atoms with E-state index in [1.807, 2.05) is 37.3 Å². The number of aryl methyl sites for hydroxylation is 1. The van der Waals surface area contributed by atoms with Crippen LogP contribution in [0.5, 0.6) is 0 Å². The SMILES string of the molecule is Cc1ccc2nc(N(Cc3cccnc3)C(=O)/C=C/c3cccc([N+](=O)[O-])c3)sc2c1. The fourth-order valence-corrected chi connectivity index (χ4v) is 4.12. The zero-order valence-corrected chi connectivity index (χ0v) is 17.5. The van der Waals surface area contributed by atoms with E-state index in [2.05, 4.69) is 9.97 Å². The lowest BCUT2D eigenvalue weighted by Gasteiger charge is -2.18. The lowest BCUT2D eigenvalue weighted by Crippen LogP contribution is -2.28. The summed E-state index contributed by atoms with van der Waals surface area (Å²) in [6.45, 7) is 2.32. The van der Waals surface area contributed by atoms with Crippen molar-refractivity contribution in [2.75, 3.05) is 4.90 Å². The minimum atomic E-state index is -0.461. The van der Waals surface area contributed by atoms with Gasteiger partial charge in [0, 0.05) is 30.6 Å². The van der Waals surface area contributed by atoms with Gasteiger partial charge in [0.1, 0.15) is 0 Å². The molecule has 4 aromatic rings. The minimum Gasteiger partial charge on any atom is -0.280 e. The van der Waals surface area contributed by atoms with Crippen molar-refractivity contribution in [3.63, 3.8) is 0 Å². The van der Waals surface area contributed by atoms with Gasteiger partial charge in [-0.3, -0.25) is 24.8 Å². The third-order valence-electron chi connectivity index (χ3n) is 4.59. The van der Waals surface area contributed by atoms with Gasteiger partial charge in [-0.15, -0.1) is 0 Å². The molecule has 2 aromatic heterocycles. The van der Waals surface area contributed by atoms with Crippen LogP contribution in [0, 0.1) is 17.0 Å². The van der Waals surface area contributed by atoms with Gasteiger partial charge in [-0.25, -0.2) is 4.98 Å². The van der Waals surface area contributed by atoms with Crippen LogP contribution >= 0.6 is 11.3 Å². The number of hydrogen-bond donors (Lipinski definition) is 0. The lowest BCUT2D eigenvalue weighted by atomic mass is 10.2. The van der Waals surface area contributed by atoms with E-state index in [1.54, 1.807) is 35.5 Å². The van der Waals surface area contributed by atoms with Crippen LogP contribution in [0.3, 0.4) is 0 Å². The summed E-state index contributed by atoms with van der Waals surface area (Å²) in [5.41, 5.74) is 3.37. The molecule has 154 valence electrons. The molecule has 0 aliphatic heterocycles. The van der Waals surface area contributed by atoms with Crippen LogP contribution in [0.2, 0.25) is 0 Å². The van der Waals surface area contributed by atoms with E-state index in [1.165, 1.54) is 29.5 Å². The first-order chi connectivity index (χ1) is 15.0. The second-order valence-corrected chi connectivity index (χ2v) is 7.95. The first-order valence-electron chi connectivity index (χ1n) is 9.50. The zero-order chi connectivity index (χ0) is 21.8. The lowest BCUT2D eigenvalue weighted by molar-refractivity contribution is -0.384. The van der Waals surface area contributed by atoms with Crippen LogP contribution < -0.4 is 4.90 Å². The Morgan fingerprint density at radius 2 is 2.06 bits per heavy atom. The second kappa shape index (κ2) is 8.85. The van der Waals surface area contributed by atoms with E-state index in [9.17, 15) is 14.9 Å². The highest BCUT2D eigenvalue weighted by atomic mass is 32.1. The molecule has 0 aliphatic rings. The molecule has 0 spiro atoms. The van der Waals surface area contributed by atoms with E-state index in [-0.39, 0.29) is 11.6 Å². The van der Waals surface area contributed by atoms with Crippen LogP contribution in [-0.4, -0.2) is 20.8 Å². The smallest absolute Gasteiger partial charge is 0.270 e. The second-order valence-electron chi connectivity index (χ2n) is 6.94. The molecular formula is C23H18N4O3S. The number of non-ortho nitro benzene ring substituents is 1. The standard InChI is InChI=1S/C23H18N4O3S/c1-16-7-9-20-21(12-16)31-23(25-20)26(15-18-5-3-11-24-14-18)22(28)10-8-17-4-2-6-19(13-17)27(29)30/h2-14H,15H2,1H3/b10-8+. The van der Waals surface area contributed by atoms with Gasteiger partial charge < -0.3 is 0 Å². The molecule has 0 aliphatic carbocycles. The quantitative estimate of drug-likeness (QED) is 0.240. The molecule has 0 atom stereocenters. The Labute approximate surface area is 182 Å². The molecule has 0 unspecified atom stereocenters. The number of carbonyl (C=O) groups excluding carboxylic acids is 1. The topological polar surface area (TPSA) is 89.2 Å². The number of aromatic nitrogens is 2. The van der Waals surface area contributed by atoms with Gasteiger partial charge in [-0.05, 0) is 47.9 Å². The number of amides is 1. The van der Waals surface area contributed by atoms with Gasteiger partial charge in [-0.1, -0.05) is 35.6 Å². The molecule has 8 heteroatoms. The summed E-state index contributed by atoms with van der Waals surface area (Å²) in [6, 6.07) is 15.8. The molecule has 0 saturated carbocycles. The highest BCUT2D eigenvalue weighted by Crippen LogP contribution is 2.30. The van der Waals surface area contributed by atoms with Crippen molar-refractivity contribution in [2.24, 2.45) is 0 Å². The van der Waals surface area contributed by atoms with Crippen LogP contribution in [0.1, 0.15) is 16.7 Å². The molecular weight excluding hydrogens is 412 g/mol. The van der Waals surface area contributed by atoms with Gasteiger partial charge in [-0.2, -0.15) is 0 Å². The van der Waals surface area contributed by atoms with Crippen molar-refractivity contribution in [1.29, 1.82) is 0 Å². The first-order valence-corrected chi connectivity index (χ1v) is 10.3. The predicted octanol–water partition coefficient (Wildman–Crippen LogP) is 5.15. The monoisotopic (exact) mass is 430 g/mol. The van der Waals surface area contributed by atoms with Crippen molar-refractivity contribution in [3.8, 4) is 0 Å². The number of nitrogens with zero attached hydrogens (tertiary/aromatic N) is 4. The summed E-state index contributed by atoms with van der Waals surface area (Å²) in [5.74, 6) is -0.272. The molecule has 2 aromatic carbocycles. The fraction of sp³-hybridized carbons (Fsp3) is 0.0870. The normalized spacial score (nSPS) is 11.1. The predicted molar refractivity (Wildman–Crippen MR) is 122 cm³/mol. The number of rotatable bonds is 6. The Bertz CT molecular complexity index is 1280. The van der Waals surface area contributed by atoms with E-state index < -0.39 is 4.92 Å². The van der Waals surface area contributed by atoms with Crippen LogP contribution in [-0.2, 0) is 11.3 Å². The van der Waals surface area contributed by atoms with E-state index in [4.69, 9.17) is 0 Å². The fourth-order valence-electron chi connectivity index (χ4n) is 3.05. The van der Waals surface area contributed by atoms with E-state index >= 15 is 0 Å². The molecule has 2 heterocycles. The third-order valence-corrected chi connectivity index (χ3v) is 5.63. The number of thiazole rings is 1. The number of benzene rings is 2. The number of nitro groups is 1. The number of anilines is 1. The van der Waals surface area contributed by atoms with E-state index in [0.717, 1.165) is 21.3 Å². The molecule has 0 fully saturated rings. The average molecular weight is 430 g/mol. The maximum absolute atomic E-state index is 13.1. The number of carbonyl (C=O) groups is 1. The Morgan fingerprint density at radius 1 is 1.19 bits per heavy atom. The van der Waals surface area contributed by atoms with Gasteiger partial charge in [0.05, 0.1) is 21.7 Å². The largest absolute Gasteiger partial charge is 0.280 e. The van der Waals surface area contributed by atoms with Gasteiger partial charge in [0.25, 0.3) is 11.6 Å². The Morgan fingerprint density at radius 3 is 2.84 bits per heavy atom. The minimum absolute atomic E-state index is 0.0247. The summed E-state index contributed by atoms with van der Waals surface area (Å²) >= 11 is 1.45. The average Bonchev–Trinajstić information content (AvgIpc) is 3.19. The number of pyridine rings is 1. The highest BCUT2D eigenvalue weighted by molar-refractivity contribution is 7.22. The molecule has 0 radical (unpaired) electrons. The molecule has 31 heavy (non-hydrogen) atoms. The highest BCUT2D eigenvalue weighted by Gasteiger charge is 2.19. The van der Waals surface area contributed by atoms with Crippen molar-refractivity contribution >= 4 is 44.4 Å². The Hall–Kier alpha value is -3.91. The van der Waals surface area contributed by atoms with Gasteiger partial charge >= 0.3 is 0 Å². The molecule has 0 N–H and O–H groups in total. The van der Waals surface area contributed by atoms with Gasteiger partial charge in [0.2, 0.25) is 0 Å². The maximum atomic E-state index is 13.1. The Kier molecular flexibility index (Phi) is 5.81. The van der Waals surface area contributed by atoms with Crippen LogP contribution in [0.25, 0.3) is 16.3 Å². The molecule has 7 nitrogen and oxygen atoms in total.